The molecule has 6 heteroatoms. The fourth-order valence-electron chi connectivity index (χ4n) is 3.27. The van der Waals surface area contributed by atoms with Gasteiger partial charge < -0.3 is 10.2 Å². The number of aromatic nitrogens is 1. The van der Waals surface area contributed by atoms with Crippen LogP contribution in [0.15, 0.2) is 11.2 Å². The number of aliphatic imine (C=N–C) groups is 1. The lowest BCUT2D eigenvalue weighted by molar-refractivity contribution is 0.142. The number of likely N-dealkylation sites (tertiary alicyclic amines) is 1. The quantitative estimate of drug-likeness (QED) is 0.440. The standard InChI is InChI=1S/C16H28N4S.HI/c1-5-7-16(3)8-6-9-20(12-16)15(17-4)19-11-14-18-10-13(2)21-14;/h10H,5-9,11-12H2,1-4H3,(H,17,19);1H. The summed E-state index contributed by atoms with van der Waals surface area (Å²) in [5.74, 6) is 1.02. The van der Waals surface area contributed by atoms with E-state index in [1.54, 1.807) is 11.3 Å². The number of guanidine groups is 1. The highest BCUT2D eigenvalue weighted by Crippen LogP contribution is 2.33. The fraction of sp³-hybridized carbons (Fsp3) is 0.750. The van der Waals surface area contributed by atoms with Crippen LogP contribution in [0.5, 0.6) is 0 Å². The molecule has 0 saturated carbocycles. The Labute approximate surface area is 155 Å². The van der Waals surface area contributed by atoms with Crippen molar-refractivity contribution in [2.75, 3.05) is 20.1 Å². The number of halogens is 1. The van der Waals surface area contributed by atoms with Gasteiger partial charge in [-0.25, -0.2) is 4.98 Å². The molecule has 1 N–H and O–H groups in total. The highest BCUT2D eigenvalue weighted by atomic mass is 127. The van der Waals surface area contributed by atoms with Gasteiger partial charge in [0.25, 0.3) is 0 Å². The van der Waals surface area contributed by atoms with Crippen LogP contribution in [-0.4, -0.2) is 36.0 Å². The third kappa shape index (κ3) is 5.37. The Bertz CT molecular complexity index is 484. The summed E-state index contributed by atoms with van der Waals surface area (Å²) in [4.78, 5) is 12.6. The number of aryl methyl sites for hydroxylation is 1. The molecule has 0 aliphatic carbocycles. The molecule has 4 nitrogen and oxygen atoms in total. The summed E-state index contributed by atoms with van der Waals surface area (Å²) < 4.78 is 0. The van der Waals surface area contributed by atoms with E-state index in [1.165, 1.54) is 30.6 Å². The van der Waals surface area contributed by atoms with Crippen LogP contribution in [0.25, 0.3) is 0 Å². The first-order valence-electron chi connectivity index (χ1n) is 7.93. The molecule has 2 heterocycles. The molecule has 1 unspecified atom stereocenters. The average molecular weight is 436 g/mol. The van der Waals surface area contributed by atoms with Gasteiger partial charge in [-0.05, 0) is 31.6 Å². The van der Waals surface area contributed by atoms with Gasteiger partial charge >= 0.3 is 0 Å². The average Bonchev–Trinajstić information content (AvgIpc) is 2.85. The van der Waals surface area contributed by atoms with Crippen LogP contribution < -0.4 is 5.32 Å². The number of hydrogen-bond acceptors (Lipinski definition) is 3. The highest BCUT2D eigenvalue weighted by Gasteiger charge is 2.31. The monoisotopic (exact) mass is 436 g/mol. The number of nitrogens with one attached hydrogen (secondary N) is 1. The fourth-order valence-corrected chi connectivity index (χ4v) is 4.00. The molecule has 1 aliphatic heterocycles. The summed E-state index contributed by atoms with van der Waals surface area (Å²) in [6, 6.07) is 0. The maximum atomic E-state index is 4.47. The molecule has 0 bridgehead atoms. The normalized spacial score (nSPS) is 22.4. The minimum atomic E-state index is 0. The molecule has 2 rings (SSSR count). The van der Waals surface area contributed by atoms with E-state index < -0.39 is 0 Å². The van der Waals surface area contributed by atoms with E-state index in [1.807, 2.05) is 13.2 Å². The SMILES string of the molecule is CCCC1(C)CCCN(C(=NC)NCc2ncc(C)s2)C1.I. The van der Waals surface area contributed by atoms with Crippen LogP contribution in [0.4, 0.5) is 0 Å². The van der Waals surface area contributed by atoms with E-state index in [4.69, 9.17) is 0 Å². The van der Waals surface area contributed by atoms with E-state index in [0.717, 1.165) is 30.6 Å². The number of piperidine rings is 1. The zero-order valence-electron chi connectivity index (χ0n) is 14.2. The Morgan fingerprint density at radius 2 is 2.32 bits per heavy atom. The zero-order chi connectivity index (χ0) is 15.3. The number of hydrogen-bond donors (Lipinski definition) is 1. The number of nitrogens with zero attached hydrogens (tertiary/aromatic N) is 3. The second kappa shape index (κ2) is 9.05. The largest absolute Gasteiger partial charge is 0.350 e. The molecule has 0 radical (unpaired) electrons. The molecule has 1 atom stereocenters. The van der Waals surface area contributed by atoms with E-state index in [9.17, 15) is 0 Å². The van der Waals surface area contributed by atoms with Crippen molar-refractivity contribution in [3.8, 4) is 0 Å². The summed E-state index contributed by atoms with van der Waals surface area (Å²) in [5, 5.41) is 4.60. The van der Waals surface area contributed by atoms with Gasteiger partial charge in [-0.15, -0.1) is 35.3 Å². The van der Waals surface area contributed by atoms with Gasteiger partial charge in [-0.1, -0.05) is 20.3 Å². The van der Waals surface area contributed by atoms with Crippen molar-refractivity contribution in [2.45, 2.75) is 53.0 Å². The van der Waals surface area contributed by atoms with E-state index in [2.05, 4.69) is 41.0 Å². The summed E-state index contributed by atoms with van der Waals surface area (Å²) >= 11 is 1.75. The molecule has 0 amide bonds. The first-order chi connectivity index (χ1) is 10.1. The van der Waals surface area contributed by atoms with Gasteiger partial charge in [0.15, 0.2) is 5.96 Å². The lowest BCUT2D eigenvalue weighted by atomic mass is 9.78. The van der Waals surface area contributed by atoms with Crippen LogP contribution in [-0.2, 0) is 6.54 Å². The predicted molar refractivity (Wildman–Crippen MR) is 106 cm³/mol. The Hall–Kier alpha value is -0.370. The first kappa shape index (κ1) is 19.7. The maximum absolute atomic E-state index is 4.47. The lowest BCUT2D eigenvalue weighted by Crippen LogP contribution is -2.49. The third-order valence-electron chi connectivity index (χ3n) is 4.21. The summed E-state index contributed by atoms with van der Waals surface area (Å²) in [6.07, 6.45) is 7.08. The van der Waals surface area contributed by atoms with E-state index in [0.29, 0.717) is 5.41 Å². The van der Waals surface area contributed by atoms with Gasteiger partial charge in [-0.2, -0.15) is 0 Å². The van der Waals surface area contributed by atoms with Crippen LogP contribution in [0.2, 0.25) is 0 Å². The predicted octanol–water partition coefficient (Wildman–Crippen LogP) is 4.05. The van der Waals surface area contributed by atoms with Crippen molar-refractivity contribution in [3.05, 3.63) is 16.1 Å². The van der Waals surface area contributed by atoms with Crippen molar-refractivity contribution >= 4 is 41.3 Å². The van der Waals surface area contributed by atoms with Gasteiger partial charge in [0.05, 0.1) is 6.54 Å². The molecule has 126 valence electrons. The van der Waals surface area contributed by atoms with Crippen molar-refractivity contribution < 1.29 is 0 Å². The minimum Gasteiger partial charge on any atom is -0.350 e. The topological polar surface area (TPSA) is 40.5 Å². The molecular weight excluding hydrogens is 407 g/mol. The Morgan fingerprint density at radius 3 is 2.91 bits per heavy atom. The third-order valence-corrected chi connectivity index (χ3v) is 5.13. The molecule has 0 aromatic carbocycles. The molecule has 1 aromatic heterocycles. The van der Waals surface area contributed by atoms with E-state index >= 15 is 0 Å². The summed E-state index contributed by atoms with van der Waals surface area (Å²) in [5.41, 5.74) is 0.433. The molecule has 1 aliphatic rings. The van der Waals surface area contributed by atoms with Crippen LogP contribution in [0.3, 0.4) is 0 Å². The van der Waals surface area contributed by atoms with Crippen molar-refractivity contribution in [1.29, 1.82) is 0 Å². The highest BCUT2D eigenvalue weighted by molar-refractivity contribution is 14.0. The Morgan fingerprint density at radius 1 is 1.55 bits per heavy atom. The summed E-state index contributed by atoms with van der Waals surface area (Å²) in [7, 11) is 1.88. The maximum Gasteiger partial charge on any atom is 0.194 e. The number of thiazole rings is 1. The molecule has 22 heavy (non-hydrogen) atoms. The second-order valence-corrected chi connectivity index (χ2v) is 7.67. The molecule has 1 fully saturated rings. The smallest absolute Gasteiger partial charge is 0.194 e. The lowest BCUT2D eigenvalue weighted by Gasteiger charge is -2.42. The Balaban J connectivity index is 0.00000242. The molecule has 1 aromatic rings. The van der Waals surface area contributed by atoms with Crippen LogP contribution >= 0.6 is 35.3 Å². The van der Waals surface area contributed by atoms with Crippen molar-refractivity contribution in [3.63, 3.8) is 0 Å². The first-order valence-corrected chi connectivity index (χ1v) is 8.75. The van der Waals surface area contributed by atoms with E-state index in [-0.39, 0.29) is 24.0 Å². The Kier molecular flexibility index (Phi) is 8.10. The van der Waals surface area contributed by atoms with Crippen LogP contribution in [0.1, 0.15) is 49.4 Å². The van der Waals surface area contributed by atoms with Crippen molar-refractivity contribution in [2.24, 2.45) is 10.4 Å². The molecule has 0 spiro atoms. The number of rotatable bonds is 4. The van der Waals surface area contributed by atoms with Gasteiger partial charge in [0.1, 0.15) is 5.01 Å². The second-order valence-electron chi connectivity index (χ2n) is 6.35. The van der Waals surface area contributed by atoms with Gasteiger partial charge in [-0.3, -0.25) is 4.99 Å². The van der Waals surface area contributed by atoms with Crippen molar-refractivity contribution in [1.82, 2.24) is 15.2 Å². The minimum absolute atomic E-state index is 0. The molecular formula is C16H29IN4S. The van der Waals surface area contributed by atoms with Gasteiger partial charge in [0, 0.05) is 31.2 Å². The molecule has 1 saturated heterocycles. The summed E-state index contributed by atoms with van der Waals surface area (Å²) in [6.45, 7) is 9.78. The van der Waals surface area contributed by atoms with Crippen LogP contribution in [0, 0.1) is 12.3 Å². The van der Waals surface area contributed by atoms with Gasteiger partial charge in [0.2, 0.25) is 0 Å². The zero-order valence-corrected chi connectivity index (χ0v) is 17.3.